The Bertz CT molecular complexity index is 604. The number of rotatable bonds is 8. The van der Waals surface area contributed by atoms with Gasteiger partial charge in [-0.1, -0.05) is 11.6 Å². The van der Waals surface area contributed by atoms with E-state index in [-0.39, 0.29) is 18.6 Å². The molecule has 1 atom stereocenters. The summed E-state index contributed by atoms with van der Waals surface area (Å²) in [6.45, 7) is 2.38. The molecule has 1 aromatic rings. The molecule has 1 amide bonds. The number of amides is 1. The van der Waals surface area contributed by atoms with Gasteiger partial charge < -0.3 is 20.3 Å². The van der Waals surface area contributed by atoms with Crippen LogP contribution in [0.2, 0.25) is 5.02 Å². The first-order chi connectivity index (χ1) is 13.0. The van der Waals surface area contributed by atoms with Crippen LogP contribution in [-0.4, -0.2) is 69.0 Å². The van der Waals surface area contributed by atoms with Crippen molar-refractivity contribution >= 4 is 35.2 Å². The van der Waals surface area contributed by atoms with Gasteiger partial charge >= 0.3 is 0 Å². The third-order valence-electron chi connectivity index (χ3n) is 4.12. The van der Waals surface area contributed by atoms with Gasteiger partial charge in [0, 0.05) is 49.5 Å². The third kappa shape index (κ3) is 8.86. The number of thioether (sulfide) groups is 1. The standard InChI is InChI=1S/C19H29ClN4O2S/c1-24(2)18(25)14-23-19(22-13-16-5-3-4-11-26-16)21-10-12-27-17-8-6-15(20)7-9-17/h6-9,16H,3-5,10-14H2,1-2H3,(H2,21,22,23). The van der Waals surface area contributed by atoms with Crippen LogP contribution < -0.4 is 10.6 Å². The summed E-state index contributed by atoms with van der Waals surface area (Å²) in [4.78, 5) is 18.9. The summed E-state index contributed by atoms with van der Waals surface area (Å²) in [5.74, 6) is 1.50. The average molecular weight is 413 g/mol. The highest BCUT2D eigenvalue weighted by Gasteiger charge is 2.14. The summed E-state index contributed by atoms with van der Waals surface area (Å²) in [5.41, 5.74) is 0. The second kappa shape index (κ2) is 12.1. The Morgan fingerprint density at radius 3 is 2.74 bits per heavy atom. The van der Waals surface area contributed by atoms with Crippen molar-refractivity contribution in [3.05, 3.63) is 29.3 Å². The highest BCUT2D eigenvalue weighted by atomic mass is 35.5. The van der Waals surface area contributed by atoms with E-state index in [1.165, 1.54) is 11.3 Å². The first-order valence-electron chi connectivity index (χ1n) is 9.27. The molecule has 0 aromatic heterocycles. The number of carbonyl (C=O) groups excluding carboxylic acids is 1. The van der Waals surface area contributed by atoms with Gasteiger partial charge in [0.25, 0.3) is 0 Å². The minimum Gasteiger partial charge on any atom is -0.376 e. The van der Waals surface area contributed by atoms with Gasteiger partial charge in [-0.05, 0) is 43.5 Å². The molecule has 1 fully saturated rings. The highest BCUT2D eigenvalue weighted by molar-refractivity contribution is 7.99. The Morgan fingerprint density at radius 2 is 2.07 bits per heavy atom. The monoisotopic (exact) mass is 412 g/mol. The molecule has 2 rings (SSSR count). The van der Waals surface area contributed by atoms with Crippen molar-refractivity contribution in [2.24, 2.45) is 4.99 Å². The maximum atomic E-state index is 11.8. The summed E-state index contributed by atoms with van der Waals surface area (Å²) < 4.78 is 5.75. The lowest BCUT2D eigenvalue weighted by Crippen LogP contribution is -2.43. The Labute approximate surface area is 171 Å². The molecule has 0 spiro atoms. The largest absolute Gasteiger partial charge is 0.376 e. The molecule has 0 aliphatic carbocycles. The van der Waals surface area contributed by atoms with Gasteiger partial charge in [0.1, 0.15) is 6.54 Å². The van der Waals surface area contributed by atoms with Crippen molar-refractivity contribution in [2.45, 2.75) is 30.3 Å². The number of aliphatic imine (C=N–C) groups is 1. The second-order valence-corrected chi connectivity index (χ2v) is 8.16. The Balaban J connectivity index is 1.79. The van der Waals surface area contributed by atoms with E-state index in [0.717, 1.165) is 36.8 Å². The Kier molecular flexibility index (Phi) is 9.80. The zero-order chi connectivity index (χ0) is 19.5. The molecular weight excluding hydrogens is 384 g/mol. The summed E-state index contributed by atoms with van der Waals surface area (Å²) in [6, 6.07) is 7.80. The fourth-order valence-electron chi connectivity index (χ4n) is 2.51. The number of nitrogens with one attached hydrogen (secondary N) is 2. The zero-order valence-corrected chi connectivity index (χ0v) is 17.6. The lowest BCUT2D eigenvalue weighted by atomic mass is 10.1. The van der Waals surface area contributed by atoms with Gasteiger partial charge in [0.15, 0.2) is 5.96 Å². The summed E-state index contributed by atoms with van der Waals surface area (Å²) in [6.07, 6.45) is 3.60. The van der Waals surface area contributed by atoms with E-state index in [4.69, 9.17) is 16.3 Å². The average Bonchev–Trinajstić information content (AvgIpc) is 2.68. The smallest absolute Gasteiger partial charge is 0.243 e. The van der Waals surface area contributed by atoms with Gasteiger partial charge in [-0.3, -0.25) is 4.79 Å². The fraction of sp³-hybridized carbons (Fsp3) is 0.579. The van der Waals surface area contributed by atoms with E-state index >= 15 is 0 Å². The normalized spacial score (nSPS) is 17.4. The van der Waals surface area contributed by atoms with E-state index in [0.29, 0.717) is 12.5 Å². The van der Waals surface area contributed by atoms with Crippen molar-refractivity contribution in [1.82, 2.24) is 15.5 Å². The number of benzene rings is 1. The molecule has 0 radical (unpaired) electrons. The zero-order valence-electron chi connectivity index (χ0n) is 16.0. The molecule has 2 N–H and O–H groups in total. The molecule has 0 bridgehead atoms. The van der Waals surface area contributed by atoms with Crippen molar-refractivity contribution in [1.29, 1.82) is 0 Å². The number of hydrogen-bond acceptors (Lipinski definition) is 4. The third-order valence-corrected chi connectivity index (χ3v) is 5.38. The van der Waals surface area contributed by atoms with Crippen LogP contribution >= 0.6 is 23.4 Å². The SMILES string of the molecule is CN(C)C(=O)CN=C(NCCSc1ccc(Cl)cc1)NCC1CCCCO1. The van der Waals surface area contributed by atoms with Crippen molar-refractivity contribution in [3.8, 4) is 0 Å². The lowest BCUT2D eigenvalue weighted by molar-refractivity contribution is -0.127. The minimum atomic E-state index is -0.0273. The number of hydrogen-bond donors (Lipinski definition) is 2. The van der Waals surface area contributed by atoms with Crippen LogP contribution in [0.3, 0.4) is 0 Å². The van der Waals surface area contributed by atoms with Crippen LogP contribution in [0.25, 0.3) is 0 Å². The van der Waals surface area contributed by atoms with E-state index in [9.17, 15) is 4.79 Å². The van der Waals surface area contributed by atoms with E-state index in [1.807, 2.05) is 24.3 Å². The molecule has 1 aromatic carbocycles. The van der Waals surface area contributed by atoms with Gasteiger partial charge in [0.05, 0.1) is 6.10 Å². The molecule has 1 unspecified atom stereocenters. The predicted molar refractivity (Wildman–Crippen MR) is 113 cm³/mol. The van der Waals surface area contributed by atoms with Crippen molar-refractivity contribution in [2.75, 3.05) is 46.1 Å². The molecule has 6 nitrogen and oxygen atoms in total. The molecule has 27 heavy (non-hydrogen) atoms. The molecule has 150 valence electrons. The van der Waals surface area contributed by atoms with E-state index < -0.39 is 0 Å². The molecule has 1 aliphatic heterocycles. The number of carbonyl (C=O) groups is 1. The van der Waals surface area contributed by atoms with Gasteiger partial charge in [-0.25, -0.2) is 4.99 Å². The highest BCUT2D eigenvalue weighted by Crippen LogP contribution is 2.19. The molecular formula is C19H29ClN4O2S. The van der Waals surface area contributed by atoms with Crippen LogP contribution in [0, 0.1) is 0 Å². The molecule has 1 aliphatic rings. The number of guanidine groups is 1. The van der Waals surface area contributed by atoms with Gasteiger partial charge in [0.2, 0.25) is 5.91 Å². The predicted octanol–water partition coefficient (Wildman–Crippen LogP) is 2.62. The van der Waals surface area contributed by atoms with Gasteiger partial charge in [-0.2, -0.15) is 0 Å². The van der Waals surface area contributed by atoms with Crippen LogP contribution in [0.15, 0.2) is 34.2 Å². The first-order valence-corrected chi connectivity index (χ1v) is 10.6. The summed E-state index contributed by atoms with van der Waals surface area (Å²) >= 11 is 7.65. The Hall–Kier alpha value is -1.44. The number of nitrogens with zero attached hydrogens (tertiary/aromatic N) is 2. The summed E-state index contributed by atoms with van der Waals surface area (Å²) in [5, 5.41) is 7.35. The quantitative estimate of drug-likeness (QED) is 0.297. The maximum absolute atomic E-state index is 11.8. The molecule has 1 saturated heterocycles. The topological polar surface area (TPSA) is 66.0 Å². The van der Waals surface area contributed by atoms with Crippen LogP contribution in [0.1, 0.15) is 19.3 Å². The van der Waals surface area contributed by atoms with E-state index in [2.05, 4.69) is 15.6 Å². The van der Waals surface area contributed by atoms with Crippen LogP contribution in [0.4, 0.5) is 0 Å². The maximum Gasteiger partial charge on any atom is 0.243 e. The number of halogens is 1. The number of ether oxygens (including phenoxy) is 1. The first kappa shape index (κ1) is 21.9. The summed E-state index contributed by atoms with van der Waals surface area (Å²) in [7, 11) is 3.47. The lowest BCUT2D eigenvalue weighted by Gasteiger charge is -2.24. The van der Waals surface area contributed by atoms with E-state index in [1.54, 1.807) is 30.8 Å². The number of likely N-dealkylation sites (N-methyl/N-ethyl adjacent to an activating group) is 1. The van der Waals surface area contributed by atoms with Gasteiger partial charge in [-0.15, -0.1) is 11.8 Å². The van der Waals surface area contributed by atoms with Crippen LogP contribution in [-0.2, 0) is 9.53 Å². The van der Waals surface area contributed by atoms with Crippen molar-refractivity contribution in [3.63, 3.8) is 0 Å². The Morgan fingerprint density at radius 1 is 1.30 bits per heavy atom. The molecule has 8 heteroatoms. The minimum absolute atomic E-state index is 0.0273. The molecule has 1 heterocycles. The van der Waals surface area contributed by atoms with Crippen molar-refractivity contribution < 1.29 is 9.53 Å². The van der Waals surface area contributed by atoms with Crippen LogP contribution in [0.5, 0.6) is 0 Å². The fourth-order valence-corrected chi connectivity index (χ4v) is 3.40. The second-order valence-electron chi connectivity index (χ2n) is 6.55. The molecule has 0 saturated carbocycles.